The fraction of sp³-hybridized carbons (Fsp3) is 0.250. The molecule has 0 bridgehead atoms. The Morgan fingerprint density at radius 3 is 2.56 bits per heavy atom. The molecule has 0 radical (unpaired) electrons. The van der Waals surface area contributed by atoms with Gasteiger partial charge in [-0.1, -0.05) is 24.8 Å². The predicted octanol–water partition coefficient (Wildman–Crippen LogP) is 4.96. The van der Waals surface area contributed by atoms with Gasteiger partial charge in [0.25, 0.3) is 0 Å². The summed E-state index contributed by atoms with van der Waals surface area (Å²) in [6.45, 7) is 9.56. The van der Waals surface area contributed by atoms with Crippen LogP contribution in [0.15, 0.2) is 73.0 Å². The largest absolute Gasteiger partial charge is 0.336 e. The first kappa shape index (κ1) is 24.0. The molecule has 2 heterocycles. The van der Waals surface area contributed by atoms with E-state index in [2.05, 4.69) is 45.3 Å². The lowest BCUT2D eigenvalue weighted by Crippen LogP contribution is -2.48. The van der Waals surface area contributed by atoms with Crippen molar-refractivity contribution in [3.05, 3.63) is 83.4 Å². The van der Waals surface area contributed by atoms with Crippen LogP contribution in [0, 0.1) is 6.92 Å². The molecule has 36 heavy (non-hydrogen) atoms. The molecule has 2 N–H and O–H groups in total. The van der Waals surface area contributed by atoms with Crippen LogP contribution in [0.5, 0.6) is 0 Å². The SMILES string of the molecule is C=CC(=O)Nc1cccc(-c2cc(CN3CCN(C(=O)C4=CC4)CC3)cc(Nc3ncc(C)s3)c2)c1. The molecule has 3 aromatic rings. The smallest absolute Gasteiger partial charge is 0.249 e. The van der Waals surface area contributed by atoms with Crippen molar-refractivity contribution in [3.63, 3.8) is 0 Å². The van der Waals surface area contributed by atoms with Crippen molar-refractivity contribution < 1.29 is 9.59 Å². The van der Waals surface area contributed by atoms with Crippen LogP contribution in [-0.2, 0) is 16.1 Å². The zero-order chi connectivity index (χ0) is 25.1. The molecule has 1 aliphatic carbocycles. The first-order valence-corrected chi connectivity index (χ1v) is 12.9. The quantitative estimate of drug-likeness (QED) is 0.429. The summed E-state index contributed by atoms with van der Waals surface area (Å²) < 4.78 is 0. The number of amides is 2. The summed E-state index contributed by atoms with van der Waals surface area (Å²) in [5.41, 5.74) is 5.87. The van der Waals surface area contributed by atoms with Crippen molar-refractivity contribution in [1.82, 2.24) is 14.8 Å². The highest BCUT2D eigenvalue weighted by Gasteiger charge is 2.26. The van der Waals surface area contributed by atoms with Gasteiger partial charge in [0.05, 0.1) is 0 Å². The number of benzene rings is 2. The fourth-order valence-corrected chi connectivity index (χ4v) is 5.01. The molecule has 1 aromatic heterocycles. The molecule has 184 valence electrons. The van der Waals surface area contributed by atoms with E-state index >= 15 is 0 Å². The van der Waals surface area contributed by atoms with E-state index in [4.69, 9.17) is 0 Å². The standard InChI is InChI=1S/C28H29N5O2S/c1-3-26(34)30-24-6-4-5-22(15-24)23-13-20(14-25(16-23)31-28-29-17-19(2)36-28)18-32-9-11-33(12-10-32)27(35)21-7-8-21/h3-7,13-17H,1,8-12,18H2,2H3,(H,29,31)(H,30,34). The minimum atomic E-state index is -0.238. The Bertz CT molecular complexity index is 1340. The molecule has 1 fully saturated rings. The number of nitrogens with one attached hydrogen (secondary N) is 2. The highest BCUT2D eigenvalue weighted by atomic mass is 32.1. The molecule has 0 atom stereocenters. The van der Waals surface area contributed by atoms with Crippen LogP contribution in [0.1, 0.15) is 16.9 Å². The maximum atomic E-state index is 12.4. The minimum Gasteiger partial charge on any atom is -0.336 e. The van der Waals surface area contributed by atoms with Gasteiger partial charge in [0.15, 0.2) is 5.13 Å². The third kappa shape index (κ3) is 5.90. The van der Waals surface area contributed by atoms with Crippen molar-refractivity contribution in [1.29, 1.82) is 0 Å². The zero-order valence-electron chi connectivity index (χ0n) is 20.3. The van der Waals surface area contributed by atoms with Gasteiger partial charge in [-0.05, 0) is 66.4 Å². The zero-order valence-corrected chi connectivity index (χ0v) is 21.1. The van der Waals surface area contributed by atoms with E-state index in [9.17, 15) is 9.59 Å². The molecule has 1 aliphatic heterocycles. The molecule has 2 amide bonds. The lowest BCUT2D eigenvalue weighted by molar-refractivity contribution is -0.128. The van der Waals surface area contributed by atoms with Gasteiger partial charge in [0.2, 0.25) is 11.8 Å². The highest BCUT2D eigenvalue weighted by Crippen LogP contribution is 2.30. The first-order chi connectivity index (χ1) is 17.5. The maximum absolute atomic E-state index is 12.4. The maximum Gasteiger partial charge on any atom is 0.249 e. The van der Waals surface area contributed by atoms with Crippen LogP contribution >= 0.6 is 11.3 Å². The van der Waals surface area contributed by atoms with Crippen LogP contribution in [0.4, 0.5) is 16.5 Å². The number of carbonyl (C=O) groups is 2. The number of hydrogen-bond donors (Lipinski definition) is 2. The van der Waals surface area contributed by atoms with Crippen molar-refractivity contribution in [2.45, 2.75) is 19.9 Å². The number of nitrogens with zero attached hydrogens (tertiary/aromatic N) is 3. The first-order valence-electron chi connectivity index (χ1n) is 12.0. The van der Waals surface area contributed by atoms with Gasteiger partial charge in [0, 0.05) is 60.7 Å². The summed E-state index contributed by atoms with van der Waals surface area (Å²) in [4.78, 5) is 34.1. The second-order valence-electron chi connectivity index (χ2n) is 9.10. The molecule has 2 aliphatic rings. The third-order valence-corrected chi connectivity index (χ3v) is 7.09. The summed E-state index contributed by atoms with van der Waals surface area (Å²) in [6.07, 6.45) is 5.97. The minimum absolute atomic E-state index is 0.199. The van der Waals surface area contributed by atoms with E-state index < -0.39 is 0 Å². The van der Waals surface area contributed by atoms with Gasteiger partial charge in [-0.3, -0.25) is 14.5 Å². The van der Waals surface area contributed by atoms with Crippen molar-refractivity contribution in [2.75, 3.05) is 36.8 Å². The van der Waals surface area contributed by atoms with Crippen molar-refractivity contribution >= 4 is 39.7 Å². The molecule has 8 heteroatoms. The molecular weight excluding hydrogens is 470 g/mol. The average molecular weight is 500 g/mol. The van der Waals surface area contributed by atoms with Crippen LogP contribution in [0.25, 0.3) is 11.1 Å². The second kappa shape index (κ2) is 10.5. The molecule has 0 unspecified atom stereocenters. The molecule has 2 aromatic carbocycles. The number of rotatable bonds is 8. The number of carbonyl (C=O) groups excluding carboxylic acids is 2. The number of hydrogen-bond acceptors (Lipinski definition) is 6. The molecular formula is C28H29N5O2S. The van der Waals surface area contributed by atoms with E-state index in [1.807, 2.05) is 48.4 Å². The van der Waals surface area contributed by atoms with Gasteiger partial charge in [-0.15, -0.1) is 11.3 Å². The van der Waals surface area contributed by atoms with Crippen LogP contribution in [0.3, 0.4) is 0 Å². The lowest BCUT2D eigenvalue weighted by Gasteiger charge is -2.34. The predicted molar refractivity (Wildman–Crippen MR) is 145 cm³/mol. The third-order valence-electron chi connectivity index (χ3n) is 6.26. The van der Waals surface area contributed by atoms with Crippen molar-refractivity contribution in [3.8, 4) is 11.1 Å². The number of piperazine rings is 1. The monoisotopic (exact) mass is 499 g/mol. The topological polar surface area (TPSA) is 77.6 Å². The van der Waals surface area contributed by atoms with E-state index in [-0.39, 0.29) is 11.8 Å². The molecule has 0 saturated carbocycles. The summed E-state index contributed by atoms with van der Waals surface area (Å²) in [7, 11) is 0. The summed E-state index contributed by atoms with van der Waals surface area (Å²) in [5.74, 6) is -0.0386. The van der Waals surface area contributed by atoms with Gasteiger partial charge in [0.1, 0.15) is 0 Å². The molecule has 5 rings (SSSR count). The van der Waals surface area contributed by atoms with Gasteiger partial charge >= 0.3 is 0 Å². The summed E-state index contributed by atoms with van der Waals surface area (Å²) in [5, 5.41) is 7.15. The average Bonchev–Trinajstić information content (AvgIpc) is 3.66. The number of anilines is 3. The van der Waals surface area contributed by atoms with E-state index in [1.165, 1.54) is 11.6 Å². The van der Waals surface area contributed by atoms with E-state index in [0.29, 0.717) is 0 Å². The fourth-order valence-electron chi connectivity index (χ4n) is 4.32. The van der Waals surface area contributed by atoms with Crippen LogP contribution in [-0.4, -0.2) is 52.8 Å². The van der Waals surface area contributed by atoms with Crippen LogP contribution in [0.2, 0.25) is 0 Å². The highest BCUT2D eigenvalue weighted by molar-refractivity contribution is 7.15. The molecule has 7 nitrogen and oxygen atoms in total. The normalized spacial score (nSPS) is 15.2. The number of aryl methyl sites for hydroxylation is 1. The van der Waals surface area contributed by atoms with Gasteiger partial charge in [-0.2, -0.15) is 0 Å². The molecule has 1 saturated heterocycles. The van der Waals surface area contributed by atoms with E-state index in [0.717, 1.165) is 77.2 Å². The lowest BCUT2D eigenvalue weighted by atomic mass is 10.0. The number of allylic oxidation sites excluding steroid dienone is 1. The Hall–Kier alpha value is -3.75. The van der Waals surface area contributed by atoms with Crippen molar-refractivity contribution in [2.24, 2.45) is 0 Å². The van der Waals surface area contributed by atoms with Gasteiger partial charge in [-0.25, -0.2) is 4.98 Å². The van der Waals surface area contributed by atoms with Crippen LogP contribution < -0.4 is 10.6 Å². The summed E-state index contributed by atoms with van der Waals surface area (Å²) >= 11 is 1.62. The number of aromatic nitrogens is 1. The summed E-state index contributed by atoms with van der Waals surface area (Å²) in [6, 6.07) is 14.3. The molecule has 0 spiro atoms. The Kier molecular flexibility index (Phi) is 6.97. The van der Waals surface area contributed by atoms with Gasteiger partial charge < -0.3 is 15.5 Å². The number of thiazole rings is 1. The Balaban J connectivity index is 1.37. The Labute approximate surface area is 215 Å². The Morgan fingerprint density at radius 1 is 1.08 bits per heavy atom. The Morgan fingerprint density at radius 2 is 1.86 bits per heavy atom. The van der Waals surface area contributed by atoms with E-state index in [1.54, 1.807) is 11.3 Å². The second-order valence-corrected chi connectivity index (χ2v) is 10.3.